The number of carbonyl (C=O) groups is 4. The quantitative estimate of drug-likeness (QED) is 0.563. The molecule has 3 N–H and O–H groups in total. The fourth-order valence-corrected chi connectivity index (χ4v) is 3.71. The molecule has 1 saturated carbocycles. The van der Waals surface area contributed by atoms with E-state index in [4.69, 9.17) is 10.5 Å². The number of amides is 2. The van der Waals surface area contributed by atoms with Crippen molar-refractivity contribution in [3.63, 3.8) is 0 Å². The van der Waals surface area contributed by atoms with Crippen molar-refractivity contribution in [2.45, 2.75) is 64.3 Å². The van der Waals surface area contributed by atoms with Crippen LogP contribution >= 0.6 is 0 Å². The topological polar surface area (TPSA) is 116 Å². The van der Waals surface area contributed by atoms with Crippen molar-refractivity contribution in [2.75, 3.05) is 6.61 Å². The second-order valence-electron chi connectivity index (χ2n) is 7.39. The summed E-state index contributed by atoms with van der Waals surface area (Å²) in [6.45, 7) is 1.73. The predicted octanol–water partition coefficient (Wildman–Crippen LogP) is 1.72. The van der Waals surface area contributed by atoms with Crippen molar-refractivity contribution in [2.24, 2.45) is 23.5 Å². The van der Waals surface area contributed by atoms with Gasteiger partial charge in [-0.05, 0) is 43.9 Å². The molecule has 0 aromatic heterocycles. The van der Waals surface area contributed by atoms with E-state index in [0.717, 1.165) is 25.7 Å². The number of ketones is 2. The fraction of sp³-hybridized carbons (Fsp3) is 0.700. The molecule has 27 heavy (non-hydrogen) atoms. The minimum Gasteiger partial charge on any atom is -0.449 e. The number of fused-ring (bicyclic) bond motifs is 1. The Morgan fingerprint density at radius 1 is 1.07 bits per heavy atom. The van der Waals surface area contributed by atoms with Crippen LogP contribution in [0.4, 0.5) is 4.79 Å². The molecule has 7 heteroatoms. The van der Waals surface area contributed by atoms with Crippen LogP contribution in [0.5, 0.6) is 0 Å². The lowest BCUT2D eigenvalue weighted by Gasteiger charge is -2.17. The number of ether oxygens (including phenoxy) is 1. The Balaban J connectivity index is 1.79. The van der Waals surface area contributed by atoms with E-state index < -0.39 is 18.0 Å². The fourth-order valence-electron chi connectivity index (χ4n) is 3.71. The Labute approximate surface area is 159 Å². The van der Waals surface area contributed by atoms with Gasteiger partial charge in [-0.3, -0.25) is 9.59 Å². The van der Waals surface area contributed by atoms with Gasteiger partial charge in [0.15, 0.2) is 5.78 Å². The van der Waals surface area contributed by atoms with E-state index in [2.05, 4.69) is 17.2 Å². The van der Waals surface area contributed by atoms with E-state index in [-0.39, 0.29) is 37.2 Å². The molecule has 7 nitrogen and oxygen atoms in total. The van der Waals surface area contributed by atoms with E-state index in [0.29, 0.717) is 24.4 Å². The lowest BCUT2D eigenvalue weighted by atomic mass is 10.0. The summed E-state index contributed by atoms with van der Waals surface area (Å²) in [5, 5.41) is 2.53. The molecule has 0 aromatic carbocycles. The Morgan fingerprint density at radius 3 is 2.26 bits per heavy atom. The summed E-state index contributed by atoms with van der Waals surface area (Å²) >= 11 is 0. The van der Waals surface area contributed by atoms with Gasteiger partial charge in [0.05, 0.1) is 12.6 Å². The first-order valence-corrected chi connectivity index (χ1v) is 9.58. The molecule has 0 bridgehead atoms. The number of nitrogens with one attached hydrogen (secondary N) is 1. The molecule has 1 fully saturated rings. The molecule has 0 heterocycles. The summed E-state index contributed by atoms with van der Waals surface area (Å²) in [7, 11) is 0. The van der Waals surface area contributed by atoms with Gasteiger partial charge in [0.2, 0.25) is 5.91 Å². The van der Waals surface area contributed by atoms with Crippen LogP contribution in [0.3, 0.4) is 0 Å². The molecule has 148 valence electrons. The second kappa shape index (κ2) is 10.1. The van der Waals surface area contributed by atoms with Crippen LogP contribution in [0.25, 0.3) is 0 Å². The number of alkyl carbamates (subject to hydrolysis) is 1. The molecule has 2 amide bonds. The SMILES string of the molecule is CC(=O)CCC(=O)[C@H](CCC(N)=O)NC(=O)OCC1[C@H]2CCC#CCC[C@@H]12. The van der Waals surface area contributed by atoms with Crippen molar-refractivity contribution in [3.8, 4) is 11.8 Å². The standard InChI is InChI=1S/C20H28N2O5/c1-13(23)8-10-18(24)17(9-11-19(21)25)22-20(26)27-12-16-14-6-4-2-3-5-7-15(14)16/h14-17H,4-12H2,1H3,(H2,21,25)(H,22,26)/t14-,15+,16?,17-/m0/s1. The van der Waals surface area contributed by atoms with E-state index in [1.807, 2.05) is 0 Å². The van der Waals surface area contributed by atoms with Gasteiger partial charge < -0.3 is 20.6 Å². The average Bonchev–Trinajstić information content (AvgIpc) is 3.23. The van der Waals surface area contributed by atoms with Gasteiger partial charge in [0.25, 0.3) is 0 Å². The molecule has 2 aliphatic carbocycles. The van der Waals surface area contributed by atoms with Crippen LogP contribution in [-0.2, 0) is 19.1 Å². The van der Waals surface area contributed by atoms with E-state index in [1.165, 1.54) is 6.92 Å². The van der Waals surface area contributed by atoms with Crippen molar-refractivity contribution in [1.29, 1.82) is 0 Å². The summed E-state index contributed by atoms with van der Waals surface area (Å²) in [5.74, 6) is 6.82. The lowest BCUT2D eigenvalue weighted by Crippen LogP contribution is -2.42. The molecule has 0 saturated heterocycles. The van der Waals surface area contributed by atoms with Gasteiger partial charge in [-0.2, -0.15) is 0 Å². The summed E-state index contributed by atoms with van der Waals surface area (Å²) in [6, 6.07) is -0.870. The molecular formula is C20H28N2O5. The van der Waals surface area contributed by atoms with E-state index in [9.17, 15) is 19.2 Å². The van der Waals surface area contributed by atoms with Gasteiger partial charge in [-0.1, -0.05) is 0 Å². The second-order valence-corrected chi connectivity index (χ2v) is 7.39. The first-order valence-electron chi connectivity index (χ1n) is 9.58. The van der Waals surface area contributed by atoms with Gasteiger partial charge in [-0.25, -0.2) is 4.79 Å². The van der Waals surface area contributed by atoms with Crippen LogP contribution in [0, 0.1) is 29.6 Å². The Kier molecular flexibility index (Phi) is 7.83. The summed E-state index contributed by atoms with van der Waals surface area (Å²) < 4.78 is 5.33. The van der Waals surface area contributed by atoms with Crippen LogP contribution in [0.2, 0.25) is 0 Å². The highest BCUT2D eigenvalue weighted by atomic mass is 16.5. The van der Waals surface area contributed by atoms with Crippen LogP contribution < -0.4 is 11.1 Å². The average molecular weight is 376 g/mol. The highest BCUT2D eigenvalue weighted by molar-refractivity contribution is 5.90. The van der Waals surface area contributed by atoms with E-state index >= 15 is 0 Å². The smallest absolute Gasteiger partial charge is 0.407 e. The normalized spacial score (nSPS) is 24.1. The highest BCUT2D eigenvalue weighted by Gasteiger charge is 2.49. The largest absolute Gasteiger partial charge is 0.449 e. The Bertz CT molecular complexity index is 630. The van der Waals surface area contributed by atoms with E-state index in [1.54, 1.807) is 0 Å². The zero-order chi connectivity index (χ0) is 19.8. The van der Waals surface area contributed by atoms with Crippen LogP contribution in [0.15, 0.2) is 0 Å². The zero-order valence-corrected chi connectivity index (χ0v) is 15.8. The lowest BCUT2D eigenvalue weighted by molar-refractivity contribution is -0.125. The van der Waals surface area contributed by atoms with Crippen LogP contribution in [0.1, 0.15) is 58.3 Å². The Hall–Kier alpha value is -2.36. The summed E-state index contributed by atoms with van der Waals surface area (Å²) in [4.78, 5) is 46.4. The molecule has 0 aromatic rings. The summed E-state index contributed by atoms with van der Waals surface area (Å²) in [6.07, 6.45) is 3.40. The third-order valence-electron chi connectivity index (χ3n) is 5.33. The van der Waals surface area contributed by atoms with Gasteiger partial charge in [-0.15, -0.1) is 11.8 Å². The zero-order valence-electron chi connectivity index (χ0n) is 15.8. The molecule has 1 unspecified atom stereocenters. The summed E-state index contributed by atoms with van der Waals surface area (Å²) in [5.41, 5.74) is 5.13. The number of carbonyl (C=O) groups excluding carboxylic acids is 4. The molecular weight excluding hydrogens is 348 g/mol. The number of nitrogens with two attached hydrogens (primary N) is 1. The number of hydrogen-bond donors (Lipinski definition) is 2. The molecule has 4 atom stereocenters. The number of rotatable bonds is 10. The number of hydrogen-bond acceptors (Lipinski definition) is 5. The van der Waals surface area contributed by atoms with Gasteiger partial charge in [0.1, 0.15) is 5.78 Å². The van der Waals surface area contributed by atoms with Crippen LogP contribution in [-0.4, -0.2) is 36.2 Å². The maximum Gasteiger partial charge on any atom is 0.407 e. The molecule has 0 spiro atoms. The number of primary amides is 1. The first-order chi connectivity index (χ1) is 12.9. The molecule has 0 aliphatic heterocycles. The molecule has 2 rings (SSSR count). The van der Waals surface area contributed by atoms with Gasteiger partial charge >= 0.3 is 6.09 Å². The van der Waals surface area contributed by atoms with Crippen molar-refractivity contribution in [3.05, 3.63) is 0 Å². The predicted molar refractivity (Wildman–Crippen MR) is 98.3 cm³/mol. The Morgan fingerprint density at radius 2 is 1.70 bits per heavy atom. The third kappa shape index (κ3) is 7.05. The maximum absolute atomic E-state index is 12.2. The maximum atomic E-state index is 12.2. The monoisotopic (exact) mass is 376 g/mol. The van der Waals surface area contributed by atoms with Gasteiger partial charge in [0, 0.05) is 32.1 Å². The van der Waals surface area contributed by atoms with Crippen molar-refractivity contribution < 1.29 is 23.9 Å². The minimum absolute atomic E-state index is 0.0197. The highest BCUT2D eigenvalue weighted by Crippen LogP contribution is 2.52. The third-order valence-corrected chi connectivity index (χ3v) is 5.33. The molecule has 0 radical (unpaired) electrons. The first kappa shape index (κ1) is 20.9. The minimum atomic E-state index is -0.870. The molecule has 2 aliphatic rings. The van der Waals surface area contributed by atoms with Crippen molar-refractivity contribution >= 4 is 23.6 Å². The number of Topliss-reactive ketones (excluding diaryl/α,β-unsaturated/α-hetero) is 2. The van der Waals surface area contributed by atoms with Crippen molar-refractivity contribution in [1.82, 2.24) is 5.32 Å².